The van der Waals surface area contributed by atoms with Gasteiger partial charge in [-0.1, -0.05) is 30.3 Å². The molecule has 24 heavy (non-hydrogen) atoms. The van der Waals surface area contributed by atoms with Crippen LogP contribution in [-0.2, 0) is 22.0 Å². The number of carbonyl (C=O) groups is 1. The molecule has 2 aromatic carbocycles. The van der Waals surface area contributed by atoms with E-state index in [0.717, 1.165) is 17.7 Å². The predicted molar refractivity (Wildman–Crippen MR) is 96.7 cm³/mol. The van der Waals surface area contributed by atoms with Crippen molar-refractivity contribution in [2.75, 3.05) is 26.0 Å². The highest BCUT2D eigenvalue weighted by atomic mass is 32.2. The normalized spacial score (nSPS) is 11.9. The second-order valence-corrected chi connectivity index (χ2v) is 6.82. The van der Waals surface area contributed by atoms with Crippen molar-refractivity contribution in [1.82, 2.24) is 5.32 Å². The molecule has 0 heterocycles. The molecule has 1 amide bonds. The van der Waals surface area contributed by atoms with Crippen LogP contribution in [0.3, 0.4) is 0 Å². The Morgan fingerprint density at radius 1 is 1.04 bits per heavy atom. The van der Waals surface area contributed by atoms with Crippen LogP contribution in [0.1, 0.15) is 22.3 Å². The Balaban J connectivity index is 1.58. The Kier molecular flexibility index (Phi) is 7.65. The third-order valence-corrected chi connectivity index (χ3v) is 4.51. The molecular weight excluding hydrogens is 322 g/mol. The van der Waals surface area contributed by atoms with E-state index < -0.39 is 10.8 Å². The van der Waals surface area contributed by atoms with Crippen molar-refractivity contribution >= 4 is 16.7 Å². The minimum Gasteiger partial charge on any atom is -0.381 e. The van der Waals surface area contributed by atoms with Crippen molar-refractivity contribution in [2.45, 2.75) is 17.7 Å². The summed E-state index contributed by atoms with van der Waals surface area (Å²) < 4.78 is 16.9. The van der Waals surface area contributed by atoms with Crippen LogP contribution in [-0.4, -0.2) is 36.1 Å². The molecule has 0 saturated heterocycles. The standard InChI is InChI=1S/C19H23NO3S/c1-24(22)18-10-8-17(9-11-18)19(21)20-13-5-14-23-15-12-16-6-3-2-4-7-16/h2-4,6-11H,5,12-15H2,1H3,(H,20,21). The fourth-order valence-corrected chi connectivity index (χ4v) is 2.73. The Morgan fingerprint density at radius 2 is 1.75 bits per heavy atom. The van der Waals surface area contributed by atoms with E-state index in [0.29, 0.717) is 25.3 Å². The molecule has 1 unspecified atom stereocenters. The van der Waals surface area contributed by atoms with Crippen LogP contribution in [0, 0.1) is 0 Å². The maximum Gasteiger partial charge on any atom is 0.251 e. The second kappa shape index (κ2) is 10.0. The topological polar surface area (TPSA) is 55.4 Å². The third kappa shape index (κ3) is 6.26. The molecule has 0 aliphatic heterocycles. The van der Waals surface area contributed by atoms with Gasteiger partial charge in [-0.2, -0.15) is 0 Å². The summed E-state index contributed by atoms with van der Waals surface area (Å²) >= 11 is 0. The Morgan fingerprint density at radius 3 is 2.42 bits per heavy atom. The Labute approximate surface area is 145 Å². The van der Waals surface area contributed by atoms with Crippen LogP contribution in [0.4, 0.5) is 0 Å². The predicted octanol–water partition coefficient (Wildman–Crippen LogP) is 2.80. The van der Waals surface area contributed by atoms with Crippen molar-refractivity contribution in [3.8, 4) is 0 Å². The molecule has 0 saturated carbocycles. The van der Waals surface area contributed by atoms with Gasteiger partial charge in [-0.05, 0) is 42.7 Å². The molecule has 1 atom stereocenters. The number of amides is 1. The van der Waals surface area contributed by atoms with Crippen molar-refractivity contribution in [1.29, 1.82) is 0 Å². The maximum absolute atomic E-state index is 12.0. The molecule has 5 heteroatoms. The summed E-state index contributed by atoms with van der Waals surface area (Å²) in [5.74, 6) is -0.118. The lowest BCUT2D eigenvalue weighted by molar-refractivity contribution is 0.0942. The largest absolute Gasteiger partial charge is 0.381 e. The van der Waals surface area contributed by atoms with Crippen LogP contribution >= 0.6 is 0 Å². The first-order valence-electron chi connectivity index (χ1n) is 8.00. The van der Waals surface area contributed by atoms with Gasteiger partial charge >= 0.3 is 0 Å². The molecule has 4 nitrogen and oxygen atoms in total. The fourth-order valence-electron chi connectivity index (χ4n) is 2.21. The lowest BCUT2D eigenvalue weighted by Gasteiger charge is -2.07. The van der Waals surface area contributed by atoms with Gasteiger partial charge in [0, 0.05) is 40.7 Å². The van der Waals surface area contributed by atoms with E-state index in [4.69, 9.17) is 4.74 Å². The van der Waals surface area contributed by atoms with Crippen LogP contribution in [0.15, 0.2) is 59.5 Å². The minimum absolute atomic E-state index is 0.118. The lowest BCUT2D eigenvalue weighted by Crippen LogP contribution is -2.25. The zero-order valence-electron chi connectivity index (χ0n) is 13.9. The summed E-state index contributed by atoms with van der Waals surface area (Å²) in [6, 6.07) is 17.1. The first-order valence-corrected chi connectivity index (χ1v) is 9.56. The van der Waals surface area contributed by atoms with E-state index in [2.05, 4.69) is 17.4 Å². The summed E-state index contributed by atoms with van der Waals surface area (Å²) in [5, 5.41) is 2.86. The molecule has 0 aliphatic rings. The summed E-state index contributed by atoms with van der Waals surface area (Å²) in [6.45, 7) is 1.89. The average Bonchev–Trinajstić information content (AvgIpc) is 2.61. The zero-order valence-corrected chi connectivity index (χ0v) is 14.7. The molecule has 0 radical (unpaired) electrons. The number of ether oxygens (including phenoxy) is 1. The van der Waals surface area contributed by atoms with Gasteiger partial charge in [0.05, 0.1) is 6.61 Å². The van der Waals surface area contributed by atoms with Crippen molar-refractivity contribution < 1.29 is 13.7 Å². The lowest BCUT2D eigenvalue weighted by atomic mass is 10.2. The Hall–Kier alpha value is -1.98. The monoisotopic (exact) mass is 345 g/mol. The van der Waals surface area contributed by atoms with Crippen LogP contribution in [0.5, 0.6) is 0 Å². The molecule has 0 spiro atoms. The molecule has 0 aromatic heterocycles. The van der Waals surface area contributed by atoms with E-state index in [1.807, 2.05) is 18.2 Å². The van der Waals surface area contributed by atoms with Gasteiger partial charge < -0.3 is 10.1 Å². The van der Waals surface area contributed by atoms with Crippen molar-refractivity contribution in [2.24, 2.45) is 0 Å². The molecule has 0 bridgehead atoms. The number of rotatable bonds is 9. The van der Waals surface area contributed by atoms with E-state index in [1.165, 1.54) is 5.56 Å². The summed E-state index contributed by atoms with van der Waals surface area (Å²) in [7, 11) is -1.02. The van der Waals surface area contributed by atoms with Crippen molar-refractivity contribution in [3.05, 3.63) is 65.7 Å². The SMILES string of the molecule is CS(=O)c1ccc(C(=O)NCCCOCCc2ccccc2)cc1. The van der Waals surface area contributed by atoms with Crippen LogP contribution in [0.25, 0.3) is 0 Å². The van der Waals surface area contributed by atoms with E-state index in [1.54, 1.807) is 30.5 Å². The Bertz CT molecular complexity index is 656. The van der Waals surface area contributed by atoms with E-state index in [9.17, 15) is 9.00 Å². The van der Waals surface area contributed by atoms with Gasteiger partial charge in [0.2, 0.25) is 0 Å². The average molecular weight is 345 g/mol. The molecular formula is C19H23NO3S. The van der Waals surface area contributed by atoms with Crippen LogP contribution < -0.4 is 5.32 Å². The highest BCUT2D eigenvalue weighted by Crippen LogP contribution is 2.07. The summed E-state index contributed by atoms with van der Waals surface area (Å²) in [4.78, 5) is 12.7. The smallest absolute Gasteiger partial charge is 0.251 e. The third-order valence-electron chi connectivity index (χ3n) is 3.58. The number of hydrogen-bond donors (Lipinski definition) is 1. The summed E-state index contributed by atoms with van der Waals surface area (Å²) in [6.07, 6.45) is 3.29. The maximum atomic E-state index is 12.0. The van der Waals surface area contributed by atoms with Gasteiger partial charge in [0.25, 0.3) is 5.91 Å². The fraction of sp³-hybridized carbons (Fsp3) is 0.316. The van der Waals surface area contributed by atoms with E-state index in [-0.39, 0.29) is 5.91 Å². The van der Waals surface area contributed by atoms with Gasteiger partial charge in [-0.25, -0.2) is 0 Å². The molecule has 0 aliphatic carbocycles. The first-order chi connectivity index (χ1) is 11.7. The second-order valence-electron chi connectivity index (χ2n) is 5.44. The van der Waals surface area contributed by atoms with Crippen LogP contribution in [0.2, 0.25) is 0 Å². The zero-order chi connectivity index (χ0) is 17.2. The van der Waals surface area contributed by atoms with Gasteiger partial charge in [0.15, 0.2) is 0 Å². The number of hydrogen-bond acceptors (Lipinski definition) is 3. The van der Waals surface area contributed by atoms with Gasteiger partial charge in [0.1, 0.15) is 0 Å². The highest BCUT2D eigenvalue weighted by Gasteiger charge is 2.05. The molecule has 2 aromatic rings. The molecule has 128 valence electrons. The molecule has 2 rings (SSSR count). The number of benzene rings is 2. The number of carbonyl (C=O) groups excluding carboxylic acids is 1. The van der Waals surface area contributed by atoms with Gasteiger partial charge in [-0.3, -0.25) is 9.00 Å². The molecule has 0 fully saturated rings. The quantitative estimate of drug-likeness (QED) is 0.711. The molecule has 1 N–H and O–H groups in total. The first kappa shape index (κ1) is 18.4. The summed E-state index contributed by atoms with van der Waals surface area (Å²) in [5.41, 5.74) is 1.84. The van der Waals surface area contributed by atoms with E-state index >= 15 is 0 Å². The minimum atomic E-state index is -1.02. The number of nitrogens with one attached hydrogen (secondary N) is 1. The van der Waals surface area contributed by atoms with Gasteiger partial charge in [-0.15, -0.1) is 0 Å². The highest BCUT2D eigenvalue weighted by molar-refractivity contribution is 7.84. The van der Waals surface area contributed by atoms with Crippen molar-refractivity contribution in [3.63, 3.8) is 0 Å².